The van der Waals surface area contributed by atoms with Crippen LogP contribution in [0.2, 0.25) is 0 Å². The van der Waals surface area contributed by atoms with E-state index in [1.54, 1.807) is 0 Å². The Kier molecular flexibility index (Phi) is 4.26. The lowest BCUT2D eigenvalue weighted by atomic mass is 9.67. The zero-order valence-electron chi connectivity index (χ0n) is 10.8. The molecule has 0 aromatic heterocycles. The van der Waals surface area contributed by atoms with Crippen LogP contribution in [0.5, 0.6) is 0 Å². The first kappa shape index (κ1) is 12.4. The summed E-state index contributed by atoms with van der Waals surface area (Å²) < 4.78 is 12.1. The van der Waals surface area contributed by atoms with Crippen molar-refractivity contribution < 1.29 is 9.47 Å². The molecule has 2 aliphatic carbocycles. The topological polar surface area (TPSA) is 18.5 Å². The molecule has 0 unspecified atom stereocenters. The van der Waals surface area contributed by atoms with E-state index in [0.29, 0.717) is 5.92 Å². The minimum atomic E-state index is -0.229. The van der Waals surface area contributed by atoms with Crippen LogP contribution in [-0.2, 0) is 9.47 Å². The predicted molar refractivity (Wildman–Crippen MR) is 65.3 cm³/mol. The second-order valence-corrected chi connectivity index (χ2v) is 5.22. The van der Waals surface area contributed by atoms with Crippen LogP contribution >= 0.6 is 0 Å². The van der Waals surface area contributed by atoms with E-state index in [1.165, 1.54) is 38.5 Å². The highest BCUT2D eigenvalue weighted by Gasteiger charge is 2.47. The number of fused-ring (bicyclic) bond motifs is 1. The van der Waals surface area contributed by atoms with Gasteiger partial charge in [-0.2, -0.15) is 0 Å². The molecular formula is C14H26O2. The third-order valence-corrected chi connectivity index (χ3v) is 4.35. The zero-order chi connectivity index (χ0) is 11.4. The second-order valence-electron chi connectivity index (χ2n) is 5.22. The summed E-state index contributed by atoms with van der Waals surface area (Å²) in [4.78, 5) is 0. The van der Waals surface area contributed by atoms with Gasteiger partial charge in [0.2, 0.25) is 0 Å². The molecule has 2 fully saturated rings. The van der Waals surface area contributed by atoms with Crippen LogP contribution in [0.1, 0.15) is 58.8 Å². The van der Waals surface area contributed by atoms with Crippen LogP contribution in [0.15, 0.2) is 0 Å². The number of rotatable bonds is 4. The van der Waals surface area contributed by atoms with Crippen LogP contribution in [0, 0.1) is 11.8 Å². The van der Waals surface area contributed by atoms with Crippen molar-refractivity contribution in [2.45, 2.75) is 64.6 Å². The molecule has 2 atom stereocenters. The first-order valence-corrected chi connectivity index (χ1v) is 7.10. The Morgan fingerprint density at radius 1 is 0.938 bits per heavy atom. The Balaban J connectivity index is 2.13. The highest BCUT2D eigenvalue weighted by atomic mass is 16.7. The van der Waals surface area contributed by atoms with Gasteiger partial charge in [-0.15, -0.1) is 0 Å². The van der Waals surface area contributed by atoms with Crippen LogP contribution in [0.25, 0.3) is 0 Å². The molecule has 2 saturated carbocycles. The lowest BCUT2D eigenvalue weighted by Gasteiger charge is -2.49. The lowest BCUT2D eigenvalue weighted by Crippen LogP contribution is -2.50. The number of hydrogen-bond donors (Lipinski definition) is 0. The fourth-order valence-electron chi connectivity index (χ4n) is 3.82. The average molecular weight is 226 g/mol. The molecule has 0 amide bonds. The predicted octanol–water partition coefficient (Wildman–Crippen LogP) is 3.75. The van der Waals surface area contributed by atoms with Crippen LogP contribution in [-0.4, -0.2) is 19.0 Å². The minimum absolute atomic E-state index is 0.229. The van der Waals surface area contributed by atoms with Crippen LogP contribution in [0.3, 0.4) is 0 Å². The maximum atomic E-state index is 6.06. The molecule has 0 bridgehead atoms. The molecule has 0 N–H and O–H groups in total. The SMILES string of the molecule is CCOC1(OCC)CCC[C@@H]2CCCC[C@H]21. The molecule has 2 rings (SSSR count). The zero-order valence-corrected chi connectivity index (χ0v) is 10.8. The highest BCUT2D eigenvalue weighted by Crippen LogP contribution is 2.48. The van der Waals surface area contributed by atoms with Crippen molar-refractivity contribution in [3.8, 4) is 0 Å². The Morgan fingerprint density at radius 2 is 1.56 bits per heavy atom. The summed E-state index contributed by atoms with van der Waals surface area (Å²) in [6, 6.07) is 0. The van der Waals surface area contributed by atoms with Gasteiger partial charge in [0.15, 0.2) is 5.79 Å². The van der Waals surface area contributed by atoms with E-state index >= 15 is 0 Å². The summed E-state index contributed by atoms with van der Waals surface area (Å²) in [7, 11) is 0. The first-order valence-electron chi connectivity index (χ1n) is 7.10. The van der Waals surface area contributed by atoms with Crippen LogP contribution < -0.4 is 0 Å². The molecule has 0 heterocycles. The standard InChI is InChI=1S/C14H26O2/c1-3-15-14(16-4-2)11-7-9-12-8-5-6-10-13(12)14/h12-13H,3-11H2,1-2H3/t12-,13+/m0/s1. The van der Waals surface area contributed by atoms with Gasteiger partial charge in [0.25, 0.3) is 0 Å². The first-order chi connectivity index (χ1) is 7.82. The van der Waals surface area contributed by atoms with Gasteiger partial charge in [0.1, 0.15) is 0 Å². The third-order valence-electron chi connectivity index (χ3n) is 4.35. The Bertz CT molecular complexity index is 201. The van der Waals surface area contributed by atoms with E-state index in [1.807, 2.05) is 0 Å². The molecule has 0 aromatic carbocycles. The van der Waals surface area contributed by atoms with Gasteiger partial charge in [-0.3, -0.25) is 0 Å². The summed E-state index contributed by atoms with van der Waals surface area (Å²) in [6.07, 6.45) is 9.26. The normalized spacial score (nSPS) is 33.4. The molecule has 0 aromatic rings. The second kappa shape index (κ2) is 5.50. The van der Waals surface area contributed by atoms with Crippen molar-refractivity contribution in [3.05, 3.63) is 0 Å². The molecule has 0 aliphatic heterocycles. The van der Waals surface area contributed by atoms with Crippen LogP contribution in [0.4, 0.5) is 0 Å². The maximum Gasteiger partial charge on any atom is 0.171 e. The van der Waals surface area contributed by atoms with E-state index in [2.05, 4.69) is 13.8 Å². The molecule has 0 radical (unpaired) electrons. The molecule has 2 heteroatoms. The van der Waals surface area contributed by atoms with Gasteiger partial charge in [0, 0.05) is 25.6 Å². The summed E-state index contributed by atoms with van der Waals surface area (Å²) >= 11 is 0. The van der Waals surface area contributed by atoms with Gasteiger partial charge in [0.05, 0.1) is 0 Å². The Labute approximate surface area is 99.7 Å². The van der Waals surface area contributed by atoms with Gasteiger partial charge >= 0.3 is 0 Å². The van der Waals surface area contributed by atoms with Crippen molar-refractivity contribution >= 4 is 0 Å². The van der Waals surface area contributed by atoms with Gasteiger partial charge < -0.3 is 9.47 Å². The van der Waals surface area contributed by atoms with Crippen molar-refractivity contribution in [1.29, 1.82) is 0 Å². The van der Waals surface area contributed by atoms with E-state index < -0.39 is 0 Å². The molecule has 0 saturated heterocycles. The molecule has 94 valence electrons. The van der Waals surface area contributed by atoms with Crippen molar-refractivity contribution in [3.63, 3.8) is 0 Å². The van der Waals surface area contributed by atoms with E-state index in [-0.39, 0.29) is 5.79 Å². The van der Waals surface area contributed by atoms with Crippen molar-refractivity contribution in [2.75, 3.05) is 13.2 Å². The molecular weight excluding hydrogens is 200 g/mol. The Morgan fingerprint density at radius 3 is 2.25 bits per heavy atom. The highest BCUT2D eigenvalue weighted by molar-refractivity contribution is 4.91. The van der Waals surface area contributed by atoms with Crippen molar-refractivity contribution in [1.82, 2.24) is 0 Å². The third kappa shape index (κ3) is 2.28. The monoisotopic (exact) mass is 226 g/mol. The lowest BCUT2D eigenvalue weighted by molar-refractivity contribution is -0.291. The number of ether oxygens (including phenoxy) is 2. The molecule has 2 aliphatic rings. The quantitative estimate of drug-likeness (QED) is 0.680. The minimum Gasteiger partial charge on any atom is -0.350 e. The van der Waals surface area contributed by atoms with E-state index in [9.17, 15) is 0 Å². The smallest absolute Gasteiger partial charge is 0.171 e. The summed E-state index contributed by atoms with van der Waals surface area (Å²) in [5, 5.41) is 0. The largest absolute Gasteiger partial charge is 0.350 e. The molecule has 0 spiro atoms. The van der Waals surface area contributed by atoms with E-state index in [0.717, 1.165) is 25.6 Å². The summed E-state index contributed by atoms with van der Waals surface area (Å²) in [5.41, 5.74) is 0. The summed E-state index contributed by atoms with van der Waals surface area (Å²) in [6.45, 7) is 5.74. The molecule has 2 nitrogen and oxygen atoms in total. The van der Waals surface area contributed by atoms with Gasteiger partial charge in [-0.05, 0) is 45.4 Å². The average Bonchev–Trinajstić information content (AvgIpc) is 2.30. The van der Waals surface area contributed by atoms with E-state index in [4.69, 9.17) is 9.47 Å². The van der Waals surface area contributed by atoms with Gasteiger partial charge in [-0.25, -0.2) is 0 Å². The fourth-order valence-corrected chi connectivity index (χ4v) is 3.82. The van der Waals surface area contributed by atoms with Crippen molar-refractivity contribution in [2.24, 2.45) is 11.8 Å². The summed E-state index contributed by atoms with van der Waals surface area (Å²) in [5.74, 6) is 1.29. The fraction of sp³-hybridized carbons (Fsp3) is 1.00. The van der Waals surface area contributed by atoms with Gasteiger partial charge in [-0.1, -0.05) is 12.8 Å². The maximum absolute atomic E-state index is 6.06. The Hall–Kier alpha value is -0.0800. The number of hydrogen-bond acceptors (Lipinski definition) is 2. The molecule has 16 heavy (non-hydrogen) atoms.